The first-order valence-corrected chi connectivity index (χ1v) is 6.39. The van der Waals surface area contributed by atoms with Crippen molar-refractivity contribution in [1.82, 2.24) is 15.3 Å². The second kappa shape index (κ2) is 6.67. The number of nitrogen functional groups attached to an aromatic ring is 1. The maximum absolute atomic E-state index is 12.8. The summed E-state index contributed by atoms with van der Waals surface area (Å²) in [5.41, 5.74) is 3.59. The highest BCUT2D eigenvalue weighted by Crippen LogP contribution is 2.33. The van der Waals surface area contributed by atoms with E-state index in [1.165, 1.54) is 0 Å². The van der Waals surface area contributed by atoms with Crippen molar-refractivity contribution < 1.29 is 22.7 Å². The van der Waals surface area contributed by atoms with Gasteiger partial charge in [-0.15, -0.1) is 0 Å². The Bertz CT molecular complexity index is 528. The SMILES string of the molecule is CC(C)(C)OC(=O)NCCNc1nc(N)ncc1C(F)(F)F. The summed E-state index contributed by atoms with van der Waals surface area (Å²) in [7, 11) is 0. The van der Waals surface area contributed by atoms with E-state index in [9.17, 15) is 18.0 Å². The van der Waals surface area contributed by atoms with Gasteiger partial charge in [0.2, 0.25) is 5.95 Å². The molecule has 1 amide bonds. The lowest BCUT2D eigenvalue weighted by Crippen LogP contribution is -2.35. The molecular weight excluding hydrogens is 303 g/mol. The lowest BCUT2D eigenvalue weighted by atomic mass is 10.2. The highest BCUT2D eigenvalue weighted by Gasteiger charge is 2.35. The van der Waals surface area contributed by atoms with E-state index in [-0.39, 0.29) is 19.0 Å². The number of alkyl halides is 3. The summed E-state index contributed by atoms with van der Waals surface area (Å²) < 4.78 is 43.2. The molecule has 0 aliphatic rings. The molecule has 0 saturated heterocycles. The van der Waals surface area contributed by atoms with E-state index < -0.39 is 29.3 Å². The Morgan fingerprint density at radius 2 is 1.95 bits per heavy atom. The first kappa shape index (κ1) is 17.8. The second-order valence-electron chi connectivity index (χ2n) is 5.34. The molecular formula is C12H18F3N5O2. The van der Waals surface area contributed by atoms with Crippen molar-refractivity contribution in [2.45, 2.75) is 32.5 Å². The summed E-state index contributed by atoms with van der Waals surface area (Å²) in [6.45, 7) is 5.16. The van der Waals surface area contributed by atoms with Crippen LogP contribution in [0.15, 0.2) is 6.20 Å². The zero-order valence-electron chi connectivity index (χ0n) is 12.4. The molecule has 4 N–H and O–H groups in total. The quantitative estimate of drug-likeness (QED) is 0.733. The molecule has 0 bridgehead atoms. The molecule has 0 spiro atoms. The Hall–Kier alpha value is -2.26. The molecule has 1 aromatic heterocycles. The molecule has 0 radical (unpaired) electrons. The number of halogens is 3. The molecule has 0 aliphatic carbocycles. The van der Waals surface area contributed by atoms with Gasteiger partial charge >= 0.3 is 12.3 Å². The summed E-state index contributed by atoms with van der Waals surface area (Å²) in [4.78, 5) is 18.2. The summed E-state index contributed by atoms with van der Waals surface area (Å²) in [5.74, 6) is -0.721. The van der Waals surface area contributed by atoms with Gasteiger partial charge in [0.05, 0.1) is 0 Å². The van der Waals surface area contributed by atoms with E-state index in [1.807, 2.05) is 0 Å². The number of carbonyl (C=O) groups is 1. The van der Waals surface area contributed by atoms with Gasteiger partial charge in [0.25, 0.3) is 0 Å². The number of ether oxygens (including phenoxy) is 1. The normalized spacial score (nSPS) is 11.9. The maximum atomic E-state index is 12.8. The summed E-state index contributed by atoms with van der Waals surface area (Å²) in [6, 6.07) is 0. The smallest absolute Gasteiger partial charge is 0.421 e. The van der Waals surface area contributed by atoms with Gasteiger partial charge in [-0.2, -0.15) is 18.2 Å². The molecule has 0 aromatic carbocycles. The fraction of sp³-hybridized carbons (Fsp3) is 0.583. The minimum absolute atomic E-state index is 0.0127. The van der Waals surface area contributed by atoms with Crippen molar-refractivity contribution in [1.29, 1.82) is 0 Å². The number of amides is 1. The number of aromatic nitrogens is 2. The zero-order valence-corrected chi connectivity index (χ0v) is 12.4. The van der Waals surface area contributed by atoms with Gasteiger partial charge in [0.1, 0.15) is 17.0 Å². The van der Waals surface area contributed by atoms with Gasteiger partial charge in [-0.25, -0.2) is 9.78 Å². The lowest BCUT2D eigenvalue weighted by molar-refractivity contribution is -0.137. The highest BCUT2D eigenvalue weighted by atomic mass is 19.4. The number of alkyl carbamates (subject to hydrolysis) is 1. The summed E-state index contributed by atoms with van der Waals surface area (Å²) >= 11 is 0. The molecule has 0 unspecified atom stereocenters. The minimum Gasteiger partial charge on any atom is -0.444 e. The molecule has 1 rings (SSSR count). The Balaban J connectivity index is 2.55. The third kappa shape index (κ3) is 6.02. The zero-order chi connectivity index (χ0) is 17.0. The van der Waals surface area contributed by atoms with E-state index in [2.05, 4.69) is 20.6 Å². The second-order valence-corrected chi connectivity index (χ2v) is 5.34. The molecule has 0 saturated carbocycles. The van der Waals surface area contributed by atoms with Crippen LogP contribution in [0.5, 0.6) is 0 Å². The predicted molar refractivity (Wildman–Crippen MR) is 74.2 cm³/mol. The standard InChI is InChI=1S/C12H18F3N5O2/c1-11(2,3)22-10(21)18-5-4-17-8-7(12(13,14)15)6-19-9(16)20-8/h6H,4-5H2,1-3H3,(H,18,21)(H3,16,17,19,20). The van der Waals surface area contributed by atoms with Crippen molar-refractivity contribution in [3.63, 3.8) is 0 Å². The van der Waals surface area contributed by atoms with E-state index in [4.69, 9.17) is 10.5 Å². The Morgan fingerprint density at radius 1 is 1.32 bits per heavy atom. The van der Waals surface area contributed by atoms with Crippen LogP contribution in [-0.4, -0.2) is 34.8 Å². The van der Waals surface area contributed by atoms with Crippen molar-refractivity contribution in [3.05, 3.63) is 11.8 Å². The van der Waals surface area contributed by atoms with Gasteiger partial charge in [-0.3, -0.25) is 0 Å². The van der Waals surface area contributed by atoms with Crippen molar-refractivity contribution in [2.24, 2.45) is 0 Å². The van der Waals surface area contributed by atoms with Crippen LogP contribution in [0.4, 0.5) is 29.7 Å². The van der Waals surface area contributed by atoms with E-state index in [0.717, 1.165) is 0 Å². The summed E-state index contributed by atoms with van der Waals surface area (Å²) in [6.07, 6.45) is -4.66. The molecule has 1 heterocycles. The lowest BCUT2D eigenvalue weighted by Gasteiger charge is -2.20. The largest absolute Gasteiger partial charge is 0.444 e. The first-order chi connectivity index (χ1) is 9.99. The number of anilines is 2. The molecule has 1 aromatic rings. The van der Waals surface area contributed by atoms with Crippen LogP contribution in [0.1, 0.15) is 26.3 Å². The van der Waals surface area contributed by atoms with Crippen molar-refractivity contribution in [3.8, 4) is 0 Å². The van der Waals surface area contributed by atoms with Crippen LogP contribution in [0.2, 0.25) is 0 Å². The summed E-state index contributed by atoms with van der Waals surface area (Å²) in [5, 5.41) is 4.86. The molecule has 0 atom stereocenters. The number of rotatable bonds is 4. The number of nitrogens with one attached hydrogen (secondary N) is 2. The fourth-order valence-corrected chi connectivity index (χ4v) is 1.40. The average Bonchev–Trinajstić information content (AvgIpc) is 2.31. The van der Waals surface area contributed by atoms with Crippen LogP contribution in [0.3, 0.4) is 0 Å². The van der Waals surface area contributed by atoms with Crippen LogP contribution in [-0.2, 0) is 10.9 Å². The molecule has 0 fully saturated rings. The topological polar surface area (TPSA) is 102 Å². The van der Waals surface area contributed by atoms with Crippen LogP contribution < -0.4 is 16.4 Å². The number of hydrogen-bond donors (Lipinski definition) is 3. The van der Waals surface area contributed by atoms with E-state index >= 15 is 0 Å². The first-order valence-electron chi connectivity index (χ1n) is 6.39. The van der Waals surface area contributed by atoms with Crippen molar-refractivity contribution in [2.75, 3.05) is 24.1 Å². The number of carbonyl (C=O) groups excluding carboxylic acids is 1. The molecule has 7 nitrogen and oxygen atoms in total. The maximum Gasteiger partial charge on any atom is 0.421 e. The Morgan fingerprint density at radius 3 is 2.50 bits per heavy atom. The van der Waals surface area contributed by atoms with Gasteiger partial charge in [0, 0.05) is 19.3 Å². The predicted octanol–water partition coefficient (Wildman–Crippen LogP) is 2.01. The third-order valence-corrected chi connectivity index (χ3v) is 2.20. The van der Waals surface area contributed by atoms with Gasteiger partial charge in [-0.1, -0.05) is 0 Å². The Labute approximate surface area is 125 Å². The van der Waals surface area contributed by atoms with Gasteiger partial charge in [-0.05, 0) is 20.8 Å². The van der Waals surface area contributed by atoms with Crippen molar-refractivity contribution >= 4 is 17.9 Å². The number of nitrogens with two attached hydrogens (primary N) is 1. The van der Waals surface area contributed by atoms with E-state index in [1.54, 1.807) is 20.8 Å². The molecule has 10 heteroatoms. The van der Waals surface area contributed by atoms with Crippen LogP contribution >= 0.6 is 0 Å². The van der Waals surface area contributed by atoms with Crippen LogP contribution in [0, 0.1) is 0 Å². The number of hydrogen-bond acceptors (Lipinski definition) is 6. The minimum atomic E-state index is -4.60. The highest BCUT2D eigenvalue weighted by molar-refractivity contribution is 5.67. The van der Waals surface area contributed by atoms with Crippen LogP contribution in [0.25, 0.3) is 0 Å². The Kier molecular flexibility index (Phi) is 5.39. The van der Waals surface area contributed by atoms with Gasteiger partial charge in [0.15, 0.2) is 0 Å². The number of nitrogens with zero attached hydrogens (tertiary/aromatic N) is 2. The molecule has 0 aliphatic heterocycles. The van der Waals surface area contributed by atoms with E-state index in [0.29, 0.717) is 6.20 Å². The third-order valence-electron chi connectivity index (χ3n) is 2.20. The fourth-order valence-electron chi connectivity index (χ4n) is 1.40. The average molecular weight is 321 g/mol. The monoisotopic (exact) mass is 321 g/mol. The molecule has 22 heavy (non-hydrogen) atoms. The van der Waals surface area contributed by atoms with Gasteiger partial charge < -0.3 is 21.1 Å². The molecule has 124 valence electrons.